The quantitative estimate of drug-likeness (QED) is 0.845. The molecule has 1 aromatic rings. The molecule has 0 unspecified atom stereocenters. The normalized spacial score (nSPS) is 20.8. The fourth-order valence-corrected chi connectivity index (χ4v) is 1.68. The molecule has 0 spiro atoms. The zero-order valence-electron chi connectivity index (χ0n) is 8.96. The lowest BCUT2D eigenvalue weighted by Gasteiger charge is -2.24. The summed E-state index contributed by atoms with van der Waals surface area (Å²) in [5.74, 6) is 0. The Morgan fingerprint density at radius 1 is 1.18 bits per heavy atom. The van der Waals surface area contributed by atoms with Crippen molar-refractivity contribution in [1.82, 2.24) is 5.32 Å². The minimum absolute atomic E-state index is 0. The second-order valence-electron chi connectivity index (χ2n) is 3.70. The topological polar surface area (TPSA) is 21.3 Å². The molecule has 1 aromatic carbocycles. The van der Waals surface area contributed by atoms with Crippen molar-refractivity contribution in [3.05, 3.63) is 35.4 Å². The zero-order valence-corrected chi connectivity index (χ0v) is 9.77. The predicted molar refractivity (Wildman–Crippen MR) is 60.3 cm³/mol. The Bertz CT molecular complexity index is 347. The largest absolute Gasteiger partial charge is 0.416 e. The third-order valence-corrected chi connectivity index (χ3v) is 2.56. The molecule has 0 saturated carbocycles. The van der Waals surface area contributed by atoms with Crippen LogP contribution in [0.3, 0.4) is 0 Å². The van der Waals surface area contributed by atoms with Gasteiger partial charge in [0, 0.05) is 6.54 Å². The number of morpholine rings is 1. The van der Waals surface area contributed by atoms with Crippen LogP contribution >= 0.6 is 12.4 Å². The van der Waals surface area contributed by atoms with Crippen LogP contribution in [0, 0.1) is 0 Å². The van der Waals surface area contributed by atoms with E-state index in [4.69, 9.17) is 4.74 Å². The van der Waals surface area contributed by atoms with E-state index in [0.717, 1.165) is 24.2 Å². The number of benzene rings is 1. The van der Waals surface area contributed by atoms with Gasteiger partial charge in [-0.3, -0.25) is 0 Å². The Morgan fingerprint density at radius 3 is 2.29 bits per heavy atom. The van der Waals surface area contributed by atoms with E-state index in [-0.39, 0.29) is 18.4 Å². The lowest BCUT2D eigenvalue weighted by molar-refractivity contribution is -0.137. The molecular weight excluding hydrogens is 255 g/mol. The third-order valence-electron chi connectivity index (χ3n) is 2.56. The van der Waals surface area contributed by atoms with E-state index in [1.807, 2.05) is 0 Å². The summed E-state index contributed by atoms with van der Waals surface area (Å²) in [5.41, 5.74) is 0.209. The number of nitrogens with one attached hydrogen (secondary N) is 1. The molecule has 1 aliphatic rings. The van der Waals surface area contributed by atoms with E-state index in [9.17, 15) is 13.2 Å². The van der Waals surface area contributed by atoms with Crippen molar-refractivity contribution >= 4 is 12.4 Å². The average molecular weight is 268 g/mol. The zero-order chi connectivity index (χ0) is 11.6. The van der Waals surface area contributed by atoms with Crippen molar-refractivity contribution in [1.29, 1.82) is 0 Å². The molecule has 2 nitrogen and oxygen atoms in total. The Morgan fingerprint density at radius 2 is 1.82 bits per heavy atom. The summed E-state index contributed by atoms with van der Waals surface area (Å²) in [7, 11) is 0. The second-order valence-corrected chi connectivity index (χ2v) is 3.70. The van der Waals surface area contributed by atoms with Crippen molar-refractivity contribution in [3.8, 4) is 0 Å². The molecule has 0 bridgehead atoms. The molecule has 0 aromatic heterocycles. The lowest BCUT2D eigenvalue weighted by atomic mass is 10.0. The van der Waals surface area contributed by atoms with Crippen LogP contribution in [-0.4, -0.2) is 19.8 Å². The van der Waals surface area contributed by atoms with Crippen LogP contribution in [-0.2, 0) is 10.9 Å². The van der Waals surface area contributed by atoms with Crippen LogP contribution in [0.5, 0.6) is 0 Å². The van der Waals surface area contributed by atoms with Crippen LogP contribution in [0.15, 0.2) is 24.3 Å². The third kappa shape index (κ3) is 3.59. The number of halogens is 4. The minimum Gasteiger partial charge on any atom is -0.378 e. The fraction of sp³-hybridized carbons (Fsp3) is 0.455. The van der Waals surface area contributed by atoms with Crippen LogP contribution in [0.4, 0.5) is 13.2 Å². The highest BCUT2D eigenvalue weighted by Crippen LogP contribution is 2.30. The van der Waals surface area contributed by atoms with Gasteiger partial charge in [-0.05, 0) is 17.7 Å². The molecular formula is C11H13ClF3NO. The van der Waals surface area contributed by atoms with Gasteiger partial charge in [0.15, 0.2) is 0 Å². The summed E-state index contributed by atoms with van der Waals surface area (Å²) < 4.78 is 42.2. The highest BCUT2D eigenvalue weighted by molar-refractivity contribution is 5.85. The first-order valence-corrected chi connectivity index (χ1v) is 5.05. The second kappa shape index (κ2) is 5.71. The van der Waals surface area contributed by atoms with E-state index in [2.05, 4.69) is 5.32 Å². The molecule has 0 aliphatic carbocycles. The lowest BCUT2D eigenvalue weighted by Crippen LogP contribution is -2.34. The molecule has 1 heterocycles. The van der Waals surface area contributed by atoms with Gasteiger partial charge in [0.25, 0.3) is 0 Å². The van der Waals surface area contributed by atoms with Gasteiger partial charge >= 0.3 is 6.18 Å². The number of ether oxygens (including phenoxy) is 1. The van der Waals surface area contributed by atoms with E-state index < -0.39 is 11.7 Å². The predicted octanol–water partition coefficient (Wildman–Crippen LogP) is 2.79. The molecule has 1 aliphatic heterocycles. The van der Waals surface area contributed by atoms with Crippen LogP contribution in [0.1, 0.15) is 17.2 Å². The van der Waals surface area contributed by atoms with E-state index >= 15 is 0 Å². The summed E-state index contributed by atoms with van der Waals surface area (Å²) in [6, 6.07) is 5.19. The molecule has 96 valence electrons. The van der Waals surface area contributed by atoms with Crippen LogP contribution in [0.2, 0.25) is 0 Å². The Balaban J connectivity index is 0.00000144. The van der Waals surface area contributed by atoms with Gasteiger partial charge in [-0.1, -0.05) is 12.1 Å². The van der Waals surface area contributed by atoms with E-state index in [0.29, 0.717) is 13.2 Å². The summed E-state index contributed by atoms with van der Waals surface area (Å²) in [6.07, 6.45) is -4.27. The molecule has 1 fully saturated rings. The Kier molecular flexibility index (Phi) is 4.80. The highest BCUT2D eigenvalue weighted by Gasteiger charge is 2.30. The maximum atomic E-state index is 12.3. The molecule has 2 rings (SSSR count). The maximum Gasteiger partial charge on any atom is 0.416 e. The standard InChI is InChI=1S/C11H12F3NO.ClH/c12-11(13,14)9-3-1-8(2-4-9)10-7-16-6-5-15-10;/h1-4,10,15H,5-7H2;1H/t10-;/m1./s1. The van der Waals surface area contributed by atoms with Gasteiger partial charge in [-0.2, -0.15) is 13.2 Å². The molecule has 1 N–H and O–H groups in total. The molecule has 0 amide bonds. The van der Waals surface area contributed by atoms with Crippen molar-refractivity contribution in [2.45, 2.75) is 12.2 Å². The molecule has 1 atom stereocenters. The number of rotatable bonds is 1. The number of alkyl halides is 3. The van der Waals surface area contributed by atoms with Gasteiger partial charge in [0.05, 0.1) is 24.8 Å². The summed E-state index contributed by atoms with van der Waals surface area (Å²) >= 11 is 0. The number of hydrogen-bond acceptors (Lipinski definition) is 2. The average Bonchev–Trinajstić information content (AvgIpc) is 2.29. The van der Waals surface area contributed by atoms with Gasteiger partial charge in [-0.25, -0.2) is 0 Å². The fourth-order valence-electron chi connectivity index (χ4n) is 1.68. The molecule has 17 heavy (non-hydrogen) atoms. The van der Waals surface area contributed by atoms with Crippen molar-refractivity contribution in [2.75, 3.05) is 19.8 Å². The van der Waals surface area contributed by atoms with E-state index in [1.54, 1.807) is 0 Å². The first-order chi connectivity index (χ1) is 7.57. The maximum absolute atomic E-state index is 12.3. The smallest absolute Gasteiger partial charge is 0.378 e. The van der Waals surface area contributed by atoms with Gasteiger partial charge in [0.1, 0.15) is 0 Å². The summed E-state index contributed by atoms with van der Waals surface area (Å²) in [5, 5.41) is 3.19. The van der Waals surface area contributed by atoms with E-state index in [1.165, 1.54) is 12.1 Å². The Labute approximate surface area is 104 Å². The van der Waals surface area contributed by atoms with Gasteiger partial charge in [-0.15, -0.1) is 12.4 Å². The van der Waals surface area contributed by atoms with Crippen LogP contribution < -0.4 is 5.32 Å². The molecule has 6 heteroatoms. The monoisotopic (exact) mass is 267 g/mol. The minimum atomic E-state index is -4.27. The number of hydrogen-bond donors (Lipinski definition) is 1. The van der Waals surface area contributed by atoms with Gasteiger partial charge in [0.2, 0.25) is 0 Å². The molecule has 0 radical (unpaired) electrons. The van der Waals surface area contributed by atoms with Crippen molar-refractivity contribution < 1.29 is 17.9 Å². The van der Waals surface area contributed by atoms with Crippen molar-refractivity contribution in [3.63, 3.8) is 0 Å². The highest BCUT2D eigenvalue weighted by atomic mass is 35.5. The first kappa shape index (κ1) is 14.3. The Hall–Kier alpha value is -0.780. The SMILES string of the molecule is Cl.FC(F)(F)c1ccc([C@H]2COCCN2)cc1. The van der Waals surface area contributed by atoms with Crippen molar-refractivity contribution in [2.24, 2.45) is 0 Å². The van der Waals surface area contributed by atoms with Crippen LogP contribution in [0.25, 0.3) is 0 Å². The molecule has 1 saturated heterocycles. The summed E-state index contributed by atoms with van der Waals surface area (Å²) in [4.78, 5) is 0. The first-order valence-electron chi connectivity index (χ1n) is 5.05. The van der Waals surface area contributed by atoms with Gasteiger partial charge < -0.3 is 10.1 Å². The summed E-state index contributed by atoms with van der Waals surface area (Å²) in [6.45, 7) is 1.88.